The third kappa shape index (κ3) is 7.15. The Morgan fingerprint density at radius 1 is 0.963 bits per heavy atom. The summed E-state index contributed by atoms with van der Waals surface area (Å²) >= 11 is 0. The third-order valence-corrected chi connectivity index (χ3v) is 4.67. The Kier molecular flexibility index (Phi) is 8.00. The number of carbonyl (C=O) groups is 1. The van der Waals surface area contributed by atoms with Gasteiger partial charge in [0.25, 0.3) is 10.1 Å². The van der Waals surface area contributed by atoms with Crippen LogP contribution in [-0.4, -0.2) is 33.7 Å². The topological polar surface area (TPSA) is 69.7 Å². The van der Waals surface area contributed by atoms with Gasteiger partial charge in [-0.05, 0) is 43.4 Å². The monoisotopic (exact) mass is 390 g/mol. The number of ether oxygens (including phenoxy) is 1. The first-order valence-electron chi connectivity index (χ1n) is 9.10. The minimum Gasteiger partial charge on any atom is -0.493 e. The van der Waals surface area contributed by atoms with Crippen LogP contribution in [0.15, 0.2) is 48.5 Å². The second kappa shape index (κ2) is 10.2. The Labute approximate surface area is 161 Å². The van der Waals surface area contributed by atoms with E-state index in [2.05, 4.69) is 0 Å². The number of unbranched alkanes of at least 4 members (excludes halogenated alkanes) is 2. The van der Waals surface area contributed by atoms with E-state index in [1.807, 2.05) is 43.3 Å². The molecular weight excluding hydrogens is 364 g/mol. The van der Waals surface area contributed by atoms with E-state index in [9.17, 15) is 13.2 Å². The Morgan fingerprint density at radius 2 is 1.67 bits per heavy atom. The molecule has 0 saturated heterocycles. The van der Waals surface area contributed by atoms with Crippen molar-refractivity contribution in [2.45, 2.75) is 32.6 Å². The molecule has 0 aliphatic rings. The highest BCUT2D eigenvalue weighted by molar-refractivity contribution is 7.85. The van der Waals surface area contributed by atoms with Crippen LogP contribution in [0, 0.1) is 0 Å². The van der Waals surface area contributed by atoms with Gasteiger partial charge in [-0.25, -0.2) is 0 Å². The first kappa shape index (κ1) is 21.1. The van der Waals surface area contributed by atoms with Crippen LogP contribution in [0.4, 0.5) is 0 Å². The lowest BCUT2D eigenvalue weighted by Gasteiger charge is -2.12. The van der Waals surface area contributed by atoms with E-state index < -0.39 is 10.1 Å². The summed E-state index contributed by atoms with van der Waals surface area (Å²) in [7, 11) is -3.38. The average molecular weight is 391 g/mol. The Bertz CT molecular complexity index is 844. The van der Waals surface area contributed by atoms with Crippen molar-refractivity contribution >= 4 is 15.9 Å². The number of hydrogen-bond donors (Lipinski definition) is 0. The number of hydrogen-bond acceptors (Lipinski definition) is 5. The summed E-state index contributed by atoms with van der Waals surface area (Å²) < 4.78 is 32.3. The zero-order chi connectivity index (χ0) is 19.7. The van der Waals surface area contributed by atoms with E-state index in [4.69, 9.17) is 8.92 Å². The minimum atomic E-state index is -3.38. The molecule has 6 heteroatoms. The maximum atomic E-state index is 12.8. The molecule has 2 rings (SSSR count). The fraction of sp³-hybridized carbons (Fsp3) is 0.381. The normalized spacial score (nSPS) is 11.3. The molecule has 0 bridgehead atoms. The van der Waals surface area contributed by atoms with Crippen LogP contribution < -0.4 is 4.74 Å². The smallest absolute Gasteiger partial charge is 0.264 e. The van der Waals surface area contributed by atoms with E-state index in [0.29, 0.717) is 29.9 Å². The molecule has 0 heterocycles. The molecule has 0 fully saturated rings. The number of benzene rings is 2. The van der Waals surface area contributed by atoms with Crippen molar-refractivity contribution in [3.8, 4) is 5.75 Å². The van der Waals surface area contributed by atoms with Gasteiger partial charge in [-0.1, -0.05) is 43.3 Å². The molecule has 0 aromatic heterocycles. The molecule has 0 N–H and O–H groups in total. The quantitative estimate of drug-likeness (QED) is 0.329. The van der Waals surface area contributed by atoms with Crippen LogP contribution in [0.3, 0.4) is 0 Å². The van der Waals surface area contributed by atoms with Gasteiger partial charge in [-0.3, -0.25) is 8.98 Å². The summed E-state index contributed by atoms with van der Waals surface area (Å²) in [6.07, 6.45) is 4.06. The van der Waals surface area contributed by atoms with E-state index >= 15 is 0 Å². The molecule has 146 valence electrons. The van der Waals surface area contributed by atoms with Gasteiger partial charge in [-0.2, -0.15) is 8.42 Å². The zero-order valence-corrected chi connectivity index (χ0v) is 16.6. The summed E-state index contributed by atoms with van der Waals surface area (Å²) in [4.78, 5) is 12.8. The summed E-state index contributed by atoms with van der Waals surface area (Å²) in [5.41, 5.74) is 2.29. The first-order chi connectivity index (χ1) is 12.9. The van der Waals surface area contributed by atoms with E-state index in [-0.39, 0.29) is 12.4 Å². The molecule has 0 spiro atoms. The van der Waals surface area contributed by atoms with Gasteiger partial charge in [0.1, 0.15) is 5.75 Å². The molecule has 0 saturated carbocycles. The minimum absolute atomic E-state index is 0.0533. The Hall–Kier alpha value is -2.18. The van der Waals surface area contributed by atoms with Crippen molar-refractivity contribution in [1.82, 2.24) is 0 Å². The summed E-state index contributed by atoms with van der Waals surface area (Å²) in [5.74, 6) is 0.524. The lowest BCUT2D eigenvalue weighted by molar-refractivity contribution is 0.103. The molecule has 27 heavy (non-hydrogen) atoms. The SMILES string of the molecule is CCc1ccc(OCCCCCOS(C)(=O)=O)c(C(=O)c2ccccc2)c1. The second-order valence-corrected chi connectivity index (χ2v) is 7.96. The van der Waals surface area contributed by atoms with Gasteiger partial charge >= 0.3 is 0 Å². The number of ketones is 1. The highest BCUT2D eigenvalue weighted by Crippen LogP contribution is 2.24. The Morgan fingerprint density at radius 3 is 2.33 bits per heavy atom. The molecular formula is C21H26O5S. The standard InChI is InChI=1S/C21H26O5S/c1-3-17-12-13-20(25-14-8-5-9-15-26-27(2,23)24)19(16-17)21(22)18-10-6-4-7-11-18/h4,6-7,10-13,16H,3,5,8-9,14-15H2,1-2H3. The van der Waals surface area contributed by atoms with Gasteiger partial charge in [0.05, 0.1) is 25.0 Å². The molecule has 0 atom stereocenters. The van der Waals surface area contributed by atoms with Gasteiger partial charge in [0.15, 0.2) is 5.78 Å². The van der Waals surface area contributed by atoms with Gasteiger partial charge in [0, 0.05) is 5.56 Å². The molecule has 0 amide bonds. The van der Waals surface area contributed by atoms with Crippen molar-refractivity contribution in [1.29, 1.82) is 0 Å². The lowest BCUT2D eigenvalue weighted by Crippen LogP contribution is -2.08. The molecule has 0 radical (unpaired) electrons. The molecule has 5 nitrogen and oxygen atoms in total. The van der Waals surface area contributed by atoms with Crippen LogP contribution >= 0.6 is 0 Å². The van der Waals surface area contributed by atoms with Crippen molar-refractivity contribution in [3.05, 3.63) is 65.2 Å². The van der Waals surface area contributed by atoms with E-state index in [1.54, 1.807) is 12.1 Å². The largest absolute Gasteiger partial charge is 0.493 e. The van der Waals surface area contributed by atoms with Gasteiger partial charge in [-0.15, -0.1) is 0 Å². The molecule has 2 aromatic rings. The van der Waals surface area contributed by atoms with Crippen molar-refractivity contribution < 1.29 is 22.1 Å². The first-order valence-corrected chi connectivity index (χ1v) is 10.9. The average Bonchev–Trinajstić information content (AvgIpc) is 2.66. The maximum absolute atomic E-state index is 12.8. The summed E-state index contributed by atoms with van der Waals surface area (Å²) in [6.45, 7) is 2.69. The molecule has 2 aromatic carbocycles. The fourth-order valence-corrected chi connectivity index (χ4v) is 3.04. The van der Waals surface area contributed by atoms with Gasteiger partial charge < -0.3 is 4.74 Å². The van der Waals surface area contributed by atoms with Crippen molar-refractivity contribution in [2.75, 3.05) is 19.5 Å². The summed E-state index contributed by atoms with van der Waals surface area (Å²) in [6, 6.07) is 14.9. The predicted molar refractivity (Wildman–Crippen MR) is 106 cm³/mol. The molecule has 0 aliphatic heterocycles. The fourth-order valence-electron chi connectivity index (χ4n) is 2.62. The number of aryl methyl sites for hydroxylation is 1. The van der Waals surface area contributed by atoms with Crippen LogP contribution in [0.5, 0.6) is 5.75 Å². The lowest BCUT2D eigenvalue weighted by atomic mass is 9.99. The van der Waals surface area contributed by atoms with E-state index in [1.165, 1.54) is 0 Å². The summed E-state index contributed by atoms with van der Waals surface area (Å²) in [5, 5.41) is 0. The highest BCUT2D eigenvalue weighted by atomic mass is 32.2. The highest BCUT2D eigenvalue weighted by Gasteiger charge is 2.15. The maximum Gasteiger partial charge on any atom is 0.264 e. The third-order valence-electron chi connectivity index (χ3n) is 4.08. The van der Waals surface area contributed by atoms with Gasteiger partial charge in [0.2, 0.25) is 0 Å². The van der Waals surface area contributed by atoms with Crippen molar-refractivity contribution in [3.63, 3.8) is 0 Å². The van der Waals surface area contributed by atoms with Crippen LogP contribution in [-0.2, 0) is 20.7 Å². The predicted octanol–water partition coefficient (Wildman–Crippen LogP) is 4.01. The molecule has 0 unspecified atom stereocenters. The van der Waals surface area contributed by atoms with Crippen LogP contribution in [0.2, 0.25) is 0 Å². The number of carbonyl (C=O) groups excluding carboxylic acids is 1. The molecule has 0 aliphatic carbocycles. The Balaban J connectivity index is 1.95. The second-order valence-electron chi connectivity index (χ2n) is 6.31. The van der Waals surface area contributed by atoms with Crippen molar-refractivity contribution in [2.24, 2.45) is 0 Å². The van der Waals surface area contributed by atoms with Crippen LogP contribution in [0.1, 0.15) is 47.7 Å². The zero-order valence-electron chi connectivity index (χ0n) is 15.8. The number of rotatable bonds is 11. The van der Waals surface area contributed by atoms with E-state index in [0.717, 1.165) is 31.1 Å². The van der Waals surface area contributed by atoms with Crippen LogP contribution in [0.25, 0.3) is 0 Å².